The first kappa shape index (κ1) is 34.6. The molecule has 0 saturated carbocycles. The number of hydrogen-bond donors (Lipinski definition) is 4. The zero-order chi connectivity index (χ0) is 35.5. The van der Waals surface area contributed by atoms with Gasteiger partial charge in [-0.05, 0) is 102 Å². The van der Waals surface area contributed by atoms with Crippen LogP contribution in [0.3, 0.4) is 0 Å². The third-order valence-corrected chi connectivity index (χ3v) is 10.1. The Hall–Kier alpha value is -5.27. The predicted molar refractivity (Wildman–Crippen MR) is 189 cm³/mol. The number of carbonyl (C=O) groups is 1. The SMILES string of the molecule is O=C(O)c1ccccc1C1=c2cc/c(=C\CCCc3ccc(S(=O)(=O)O)cc3)cc2Oc2cc(NCCc3ccc(S(=O)(=O)O)cc3)ccc21. The first-order valence-electron chi connectivity index (χ1n) is 15.7. The van der Waals surface area contributed by atoms with E-state index in [4.69, 9.17) is 4.74 Å². The summed E-state index contributed by atoms with van der Waals surface area (Å²) in [6.07, 6.45) is 4.92. The summed E-state index contributed by atoms with van der Waals surface area (Å²) >= 11 is 0. The van der Waals surface area contributed by atoms with Crippen LogP contribution in [0.15, 0.2) is 119 Å². The number of anilines is 1. The van der Waals surface area contributed by atoms with E-state index in [-0.39, 0.29) is 15.4 Å². The second kappa shape index (κ2) is 14.3. The van der Waals surface area contributed by atoms with Crippen LogP contribution in [0.1, 0.15) is 45.5 Å². The maximum atomic E-state index is 12.3. The van der Waals surface area contributed by atoms with Gasteiger partial charge in [-0.2, -0.15) is 16.8 Å². The summed E-state index contributed by atoms with van der Waals surface area (Å²) < 4.78 is 70.2. The Labute approximate surface area is 289 Å². The van der Waals surface area contributed by atoms with E-state index in [1.165, 1.54) is 24.3 Å². The van der Waals surface area contributed by atoms with Gasteiger partial charge in [0.1, 0.15) is 11.5 Å². The summed E-state index contributed by atoms with van der Waals surface area (Å²) in [7, 11) is -8.49. The molecule has 50 heavy (non-hydrogen) atoms. The highest BCUT2D eigenvalue weighted by Crippen LogP contribution is 2.38. The van der Waals surface area contributed by atoms with Crippen molar-refractivity contribution >= 4 is 43.5 Å². The number of rotatable bonds is 12. The van der Waals surface area contributed by atoms with Crippen LogP contribution in [0.2, 0.25) is 0 Å². The quantitative estimate of drug-likeness (QED) is 0.0915. The van der Waals surface area contributed by atoms with Crippen molar-refractivity contribution in [2.24, 2.45) is 0 Å². The summed E-state index contributed by atoms with van der Waals surface area (Å²) in [6, 6.07) is 30.5. The van der Waals surface area contributed by atoms with Gasteiger partial charge in [0.2, 0.25) is 0 Å². The van der Waals surface area contributed by atoms with E-state index >= 15 is 0 Å². The Morgan fingerprint density at radius 3 is 1.98 bits per heavy atom. The van der Waals surface area contributed by atoms with Gasteiger partial charge < -0.3 is 15.2 Å². The van der Waals surface area contributed by atoms with Crippen LogP contribution >= 0.6 is 0 Å². The lowest BCUT2D eigenvalue weighted by atomic mass is 9.89. The Balaban J connectivity index is 1.25. The van der Waals surface area contributed by atoms with Crippen molar-refractivity contribution in [3.05, 3.63) is 147 Å². The Morgan fingerprint density at radius 2 is 1.34 bits per heavy atom. The van der Waals surface area contributed by atoms with Crippen LogP contribution in [0.25, 0.3) is 11.6 Å². The molecule has 0 saturated heterocycles. The molecular formula is C38H33NO9S2. The third-order valence-electron chi connectivity index (χ3n) is 8.41. The van der Waals surface area contributed by atoms with Crippen molar-refractivity contribution in [2.45, 2.75) is 35.5 Å². The van der Waals surface area contributed by atoms with Crippen molar-refractivity contribution in [2.75, 3.05) is 11.9 Å². The highest BCUT2D eigenvalue weighted by atomic mass is 32.2. The minimum absolute atomic E-state index is 0.139. The summed E-state index contributed by atoms with van der Waals surface area (Å²) in [6.45, 7) is 0.531. The number of fused-ring (bicyclic) bond motifs is 2. The summed E-state index contributed by atoms with van der Waals surface area (Å²) in [5.74, 6) is 0.0992. The maximum absolute atomic E-state index is 12.3. The lowest BCUT2D eigenvalue weighted by Crippen LogP contribution is -2.21. The van der Waals surface area contributed by atoms with Gasteiger partial charge in [0.25, 0.3) is 20.2 Å². The second-order valence-corrected chi connectivity index (χ2v) is 14.6. The molecular weight excluding hydrogens is 679 g/mol. The van der Waals surface area contributed by atoms with Gasteiger partial charge in [-0.3, -0.25) is 9.11 Å². The van der Waals surface area contributed by atoms with E-state index in [2.05, 4.69) is 11.4 Å². The Morgan fingerprint density at radius 1 is 0.700 bits per heavy atom. The van der Waals surface area contributed by atoms with Gasteiger partial charge >= 0.3 is 5.97 Å². The minimum atomic E-state index is -4.26. The van der Waals surface area contributed by atoms with Gasteiger partial charge in [-0.1, -0.05) is 54.6 Å². The molecule has 12 heteroatoms. The topological polar surface area (TPSA) is 167 Å². The fourth-order valence-corrected chi connectivity index (χ4v) is 6.86. The van der Waals surface area contributed by atoms with Gasteiger partial charge in [-0.15, -0.1) is 0 Å². The van der Waals surface area contributed by atoms with E-state index in [9.17, 15) is 35.8 Å². The third kappa shape index (κ3) is 7.95. The van der Waals surface area contributed by atoms with Crippen LogP contribution in [-0.4, -0.2) is 43.6 Å². The number of ether oxygens (including phenoxy) is 1. The molecule has 0 unspecified atom stereocenters. The summed E-state index contributed by atoms with van der Waals surface area (Å²) in [5.41, 5.74) is 4.83. The molecule has 0 aliphatic carbocycles. The lowest BCUT2D eigenvalue weighted by molar-refractivity contribution is 0.0696. The molecule has 256 valence electrons. The summed E-state index contributed by atoms with van der Waals surface area (Å²) in [5, 5.41) is 15.1. The van der Waals surface area contributed by atoms with Crippen molar-refractivity contribution in [1.82, 2.24) is 0 Å². The fraction of sp³-hybridized carbons (Fsp3) is 0.132. The zero-order valence-electron chi connectivity index (χ0n) is 26.6. The van der Waals surface area contributed by atoms with Crippen molar-refractivity contribution in [3.8, 4) is 11.5 Å². The molecule has 1 heterocycles. The second-order valence-electron chi connectivity index (χ2n) is 11.8. The zero-order valence-corrected chi connectivity index (χ0v) is 28.2. The maximum Gasteiger partial charge on any atom is 0.336 e. The van der Waals surface area contributed by atoms with Gasteiger partial charge in [0.15, 0.2) is 0 Å². The number of aryl methyl sites for hydroxylation is 1. The Bertz CT molecular complexity index is 2420. The molecule has 4 N–H and O–H groups in total. The van der Waals surface area contributed by atoms with E-state index < -0.39 is 26.2 Å². The molecule has 5 aromatic carbocycles. The van der Waals surface area contributed by atoms with Crippen molar-refractivity contribution in [1.29, 1.82) is 0 Å². The average molecular weight is 712 g/mol. The number of aromatic carboxylic acids is 1. The van der Waals surface area contributed by atoms with Gasteiger partial charge in [0.05, 0.1) is 15.4 Å². The van der Waals surface area contributed by atoms with Crippen LogP contribution in [-0.2, 0) is 33.1 Å². The molecule has 1 aliphatic heterocycles. The molecule has 0 aromatic heterocycles. The van der Waals surface area contributed by atoms with E-state index in [1.807, 2.05) is 36.4 Å². The monoisotopic (exact) mass is 711 g/mol. The molecule has 0 fully saturated rings. The minimum Gasteiger partial charge on any atom is -0.478 e. The highest BCUT2D eigenvalue weighted by molar-refractivity contribution is 7.86. The fourth-order valence-electron chi connectivity index (χ4n) is 5.90. The highest BCUT2D eigenvalue weighted by Gasteiger charge is 2.24. The van der Waals surface area contributed by atoms with Crippen LogP contribution in [0.4, 0.5) is 5.69 Å². The molecule has 5 aromatic rings. The first-order chi connectivity index (χ1) is 23.9. The van der Waals surface area contributed by atoms with E-state index in [1.54, 1.807) is 48.5 Å². The molecule has 1 aliphatic rings. The first-order valence-corrected chi connectivity index (χ1v) is 18.6. The molecule has 0 spiro atoms. The largest absolute Gasteiger partial charge is 0.478 e. The number of unbranched alkanes of at least 4 members (excludes halogenated alkanes) is 1. The van der Waals surface area contributed by atoms with Crippen LogP contribution in [0.5, 0.6) is 11.5 Å². The van der Waals surface area contributed by atoms with Crippen LogP contribution in [0, 0.1) is 0 Å². The standard InChI is InChI=1S/C38H33NO9S2/c40-38(41)32-8-4-3-7-31(32)37-33-19-13-27(6-2-1-5-25-9-15-29(16-10-25)49(42,43)44)23-35(33)48-36-24-28(14-20-34(36)37)39-22-21-26-11-17-30(18-12-26)50(45,46)47/h3-4,6-20,23-24,39H,1-2,5,21-22H2,(H,40,41)(H,42,43,44)(H,45,46,47)/b27-6+. The van der Waals surface area contributed by atoms with Gasteiger partial charge in [-0.25, -0.2) is 4.79 Å². The lowest BCUT2D eigenvalue weighted by Gasteiger charge is -2.23. The predicted octanol–water partition coefficient (Wildman–Crippen LogP) is 5.69. The van der Waals surface area contributed by atoms with Crippen molar-refractivity contribution in [3.63, 3.8) is 0 Å². The molecule has 0 bridgehead atoms. The van der Waals surface area contributed by atoms with Gasteiger partial charge in [0, 0.05) is 34.7 Å². The smallest absolute Gasteiger partial charge is 0.336 e. The van der Waals surface area contributed by atoms with E-state index in [0.29, 0.717) is 36.4 Å². The molecule has 0 amide bonds. The van der Waals surface area contributed by atoms with Crippen LogP contribution < -0.4 is 20.5 Å². The van der Waals surface area contributed by atoms with Crippen molar-refractivity contribution < 1.29 is 40.6 Å². The number of nitrogens with one attached hydrogen (secondary N) is 1. The Kier molecular flexibility index (Phi) is 9.89. The normalized spacial score (nSPS) is 12.9. The molecule has 0 atom stereocenters. The average Bonchev–Trinajstić information content (AvgIpc) is 3.08. The number of hydrogen-bond acceptors (Lipinski definition) is 7. The summed E-state index contributed by atoms with van der Waals surface area (Å²) in [4.78, 5) is 12.0. The van der Waals surface area contributed by atoms with E-state index in [0.717, 1.165) is 51.2 Å². The molecule has 10 nitrogen and oxygen atoms in total. The molecule has 0 radical (unpaired) electrons. The number of benzene rings is 5. The number of carboxylic acids is 1. The molecule has 6 rings (SSSR count). The number of carboxylic acid groups (broad SMARTS) is 1.